The van der Waals surface area contributed by atoms with Crippen LogP contribution in [0.2, 0.25) is 0 Å². The first-order valence-corrected chi connectivity index (χ1v) is 5.97. The Morgan fingerprint density at radius 2 is 2.19 bits per heavy atom. The lowest BCUT2D eigenvalue weighted by Gasteiger charge is -2.30. The first-order valence-electron chi connectivity index (χ1n) is 5.97. The molecule has 0 amide bonds. The molecule has 0 atom stereocenters. The van der Waals surface area contributed by atoms with E-state index in [1.54, 1.807) is 6.26 Å². The van der Waals surface area contributed by atoms with Crippen LogP contribution in [0.1, 0.15) is 37.8 Å². The Morgan fingerprint density at radius 1 is 1.44 bits per heavy atom. The Hall–Kier alpha value is -0.870. The standard InChI is InChI=1S/C12H20N2O2/c1-12(4-7-15-8-5-12)11-14-10(9-16-11)3-2-6-13/h9H,2-8,13H2,1H3. The maximum absolute atomic E-state index is 5.60. The van der Waals surface area contributed by atoms with E-state index in [0.717, 1.165) is 50.5 Å². The molecule has 2 heterocycles. The van der Waals surface area contributed by atoms with E-state index < -0.39 is 0 Å². The number of oxazole rings is 1. The summed E-state index contributed by atoms with van der Waals surface area (Å²) in [5.41, 5.74) is 6.55. The van der Waals surface area contributed by atoms with Crippen molar-refractivity contribution >= 4 is 0 Å². The monoisotopic (exact) mass is 224 g/mol. The summed E-state index contributed by atoms with van der Waals surface area (Å²) >= 11 is 0. The molecular formula is C12H20N2O2. The molecule has 1 aromatic rings. The van der Waals surface area contributed by atoms with Gasteiger partial charge in [0.25, 0.3) is 0 Å². The molecule has 1 fully saturated rings. The molecule has 0 saturated carbocycles. The molecule has 0 unspecified atom stereocenters. The van der Waals surface area contributed by atoms with Crippen LogP contribution in [0.15, 0.2) is 10.7 Å². The van der Waals surface area contributed by atoms with E-state index >= 15 is 0 Å². The second-order valence-corrected chi connectivity index (χ2v) is 4.71. The van der Waals surface area contributed by atoms with Crippen LogP contribution in [0.3, 0.4) is 0 Å². The first-order chi connectivity index (χ1) is 7.74. The van der Waals surface area contributed by atoms with Gasteiger partial charge in [-0.05, 0) is 32.2 Å². The van der Waals surface area contributed by atoms with E-state index in [0.29, 0.717) is 6.54 Å². The second kappa shape index (κ2) is 4.97. The van der Waals surface area contributed by atoms with Crippen molar-refractivity contribution in [2.24, 2.45) is 5.73 Å². The van der Waals surface area contributed by atoms with Crippen LogP contribution < -0.4 is 5.73 Å². The van der Waals surface area contributed by atoms with Crippen LogP contribution in [-0.2, 0) is 16.6 Å². The predicted octanol–water partition coefficient (Wildman–Crippen LogP) is 1.63. The Morgan fingerprint density at radius 3 is 2.88 bits per heavy atom. The van der Waals surface area contributed by atoms with Crippen molar-refractivity contribution in [3.05, 3.63) is 17.8 Å². The third-order valence-electron chi connectivity index (χ3n) is 3.30. The molecular weight excluding hydrogens is 204 g/mol. The fourth-order valence-corrected chi connectivity index (χ4v) is 2.02. The van der Waals surface area contributed by atoms with Crippen LogP contribution in [0.4, 0.5) is 0 Å². The molecule has 2 N–H and O–H groups in total. The molecule has 1 aromatic heterocycles. The molecule has 2 rings (SSSR count). The molecule has 4 nitrogen and oxygen atoms in total. The minimum atomic E-state index is 0.0548. The average molecular weight is 224 g/mol. The van der Waals surface area contributed by atoms with E-state index in [9.17, 15) is 0 Å². The Kier molecular flexibility index (Phi) is 3.61. The molecule has 0 aliphatic carbocycles. The molecule has 1 saturated heterocycles. The number of nitrogens with zero attached hydrogens (tertiary/aromatic N) is 1. The Bertz CT molecular complexity index is 330. The van der Waals surface area contributed by atoms with Gasteiger partial charge >= 0.3 is 0 Å². The minimum Gasteiger partial charge on any atom is -0.448 e. The first kappa shape index (κ1) is 11.6. The number of hydrogen-bond acceptors (Lipinski definition) is 4. The highest BCUT2D eigenvalue weighted by atomic mass is 16.5. The van der Waals surface area contributed by atoms with Gasteiger partial charge in [-0.25, -0.2) is 4.98 Å². The number of hydrogen-bond donors (Lipinski definition) is 1. The van der Waals surface area contributed by atoms with Gasteiger partial charge in [0.2, 0.25) is 0 Å². The van der Waals surface area contributed by atoms with Crippen molar-refractivity contribution in [2.75, 3.05) is 19.8 Å². The van der Waals surface area contributed by atoms with E-state index in [1.807, 2.05) is 0 Å². The summed E-state index contributed by atoms with van der Waals surface area (Å²) in [6.45, 7) is 4.51. The number of nitrogens with two attached hydrogens (primary N) is 1. The van der Waals surface area contributed by atoms with Crippen molar-refractivity contribution in [1.82, 2.24) is 4.98 Å². The zero-order chi connectivity index (χ0) is 11.4. The van der Waals surface area contributed by atoms with Crippen molar-refractivity contribution in [2.45, 2.75) is 38.0 Å². The molecule has 1 aliphatic rings. The Labute approximate surface area is 96.2 Å². The summed E-state index contributed by atoms with van der Waals surface area (Å²) in [6.07, 6.45) is 5.62. The van der Waals surface area contributed by atoms with Crippen molar-refractivity contribution in [3.63, 3.8) is 0 Å². The van der Waals surface area contributed by atoms with Crippen molar-refractivity contribution in [3.8, 4) is 0 Å². The quantitative estimate of drug-likeness (QED) is 0.844. The minimum absolute atomic E-state index is 0.0548. The highest BCUT2D eigenvalue weighted by molar-refractivity contribution is 5.08. The third-order valence-corrected chi connectivity index (χ3v) is 3.30. The summed E-state index contributed by atoms with van der Waals surface area (Å²) in [5, 5.41) is 0. The number of aromatic nitrogens is 1. The van der Waals surface area contributed by atoms with Crippen molar-refractivity contribution < 1.29 is 9.15 Å². The fraction of sp³-hybridized carbons (Fsp3) is 0.750. The summed E-state index contributed by atoms with van der Waals surface area (Å²) in [7, 11) is 0. The molecule has 0 spiro atoms. The molecule has 4 heteroatoms. The molecule has 16 heavy (non-hydrogen) atoms. The van der Waals surface area contributed by atoms with Gasteiger partial charge in [-0.15, -0.1) is 0 Å². The molecule has 1 aliphatic heterocycles. The molecule has 0 radical (unpaired) electrons. The topological polar surface area (TPSA) is 61.3 Å². The van der Waals surface area contributed by atoms with Gasteiger partial charge in [-0.1, -0.05) is 6.92 Å². The van der Waals surface area contributed by atoms with Crippen LogP contribution in [-0.4, -0.2) is 24.7 Å². The molecule has 0 bridgehead atoms. The van der Waals surface area contributed by atoms with E-state index in [2.05, 4.69) is 11.9 Å². The van der Waals surface area contributed by atoms with Crippen LogP contribution in [0.25, 0.3) is 0 Å². The van der Waals surface area contributed by atoms with Gasteiger partial charge in [0.15, 0.2) is 5.89 Å². The van der Waals surface area contributed by atoms with Gasteiger partial charge in [-0.2, -0.15) is 0 Å². The summed E-state index contributed by atoms with van der Waals surface area (Å²) in [5.74, 6) is 0.864. The van der Waals surface area contributed by atoms with Crippen molar-refractivity contribution in [1.29, 1.82) is 0 Å². The Balaban J connectivity index is 2.05. The highest BCUT2D eigenvalue weighted by Gasteiger charge is 2.33. The normalized spacial score (nSPS) is 19.9. The van der Waals surface area contributed by atoms with Gasteiger partial charge in [-0.3, -0.25) is 0 Å². The third kappa shape index (κ3) is 2.44. The van der Waals surface area contributed by atoms with E-state index in [1.165, 1.54) is 0 Å². The lowest BCUT2D eigenvalue weighted by molar-refractivity contribution is 0.0470. The van der Waals surface area contributed by atoms with Gasteiger partial charge < -0.3 is 14.9 Å². The maximum Gasteiger partial charge on any atom is 0.200 e. The fourth-order valence-electron chi connectivity index (χ4n) is 2.02. The SMILES string of the molecule is CC1(c2nc(CCCN)co2)CCOCC1. The highest BCUT2D eigenvalue weighted by Crippen LogP contribution is 2.33. The molecule has 90 valence electrons. The van der Waals surface area contributed by atoms with Gasteiger partial charge in [0.1, 0.15) is 6.26 Å². The summed E-state index contributed by atoms with van der Waals surface area (Å²) < 4.78 is 11.0. The summed E-state index contributed by atoms with van der Waals surface area (Å²) in [4.78, 5) is 4.57. The summed E-state index contributed by atoms with van der Waals surface area (Å²) in [6, 6.07) is 0. The lowest BCUT2D eigenvalue weighted by atomic mass is 9.82. The zero-order valence-electron chi connectivity index (χ0n) is 9.87. The van der Waals surface area contributed by atoms with Gasteiger partial charge in [0, 0.05) is 18.6 Å². The van der Waals surface area contributed by atoms with E-state index in [-0.39, 0.29) is 5.41 Å². The smallest absolute Gasteiger partial charge is 0.200 e. The number of rotatable bonds is 4. The zero-order valence-corrected chi connectivity index (χ0v) is 9.87. The lowest BCUT2D eigenvalue weighted by Crippen LogP contribution is -2.30. The number of aryl methyl sites for hydroxylation is 1. The van der Waals surface area contributed by atoms with Crippen LogP contribution >= 0.6 is 0 Å². The van der Waals surface area contributed by atoms with E-state index in [4.69, 9.17) is 14.9 Å². The van der Waals surface area contributed by atoms with Crippen LogP contribution in [0.5, 0.6) is 0 Å². The number of ether oxygens (including phenoxy) is 1. The van der Waals surface area contributed by atoms with Gasteiger partial charge in [0.05, 0.1) is 5.69 Å². The predicted molar refractivity (Wildman–Crippen MR) is 61.3 cm³/mol. The average Bonchev–Trinajstić information content (AvgIpc) is 2.77. The second-order valence-electron chi connectivity index (χ2n) is 4.71. The molecule has 0 aromatic carbocycles. The van der Waals surface area contributed by atoms with Crippen LogP contribution in [0, 0.1) is 0 Å². The largest absolute Gasteiger partial charge is 0.448 e. The maximum atomic E-state index is 5.60.